The van der Waals surface area contributed by atoms with E-state index in [2.05, 4.69) is 28.4 Å². The summed E-state index contributed by atoms with van der Waals surface area (Å²) in [4.78, 5) is 28.5. The molecule has 2 heterocycles. The van der Waals surface area contributed by atoms with Crippen LogP contribution >= 0.6 is 0 Å². The van der Waals surface area contributed by atoms with Crippen LogP contribution in [0.25, 0.3) is 0 Å². The van der Waals surface area contributed by atoms with Gasteiger partial charge >= 0.3 is 0 Å². The summed E-state index contributed by atoms with van der Waals surface area (Å²) in [7, 11) is 5.25. The zero-order valence-electron chi connectivity index (χ0n) is 22.7. The third-order valence-electron chi connectivity index (χ3n) is 7.72. The number of pyridine rings is 1. The Labute approximate surface area is 221 Å². The Balaban J connectivity index is 1.55. The van der Waals surface area contributed by atoms with Gasteiger partial charge in [0.15, 0.2) is 0 Å². The standard InChI is InChI=1S/C30H43N3O4/c1-32-13-11-25(19-29(32)34)27-10-12-31-20-28(27)30(35)33(26-8-9-26)21-24-17-22(6-4-14-36-2)16-23(18-24)7-5-15-37-3/h11,13,16-19,26-28,31H,4-10,12,14-15,20-21H2,1-3H3/t27-,28?/m1/s1. The number of amides is 1. The van der Waals surface area contributed by atoms with Crippen LogP contribution in [0.1, 0.15) is 60.3 Å². The van der Waals surface area contributed by atoms with Gasteiger partial charge in [-0.15, -0.1) is 0 Å². The van der Waals surface area contributed by atoms with E-state index in [0.29, 0.717) is 19.1 Å². The summed E-state index contributed by atoms with van der Waals surface area (Å²) in [6, 6.07) is 10.9. The number of rotatable bonds is 13. The van der Waals surface area contributed by atoms with E-state index < -0.39 is 0 Å². The lowest BCUT2D eigenvalue weighted by molar-refractivity contribution is -0.138. The highest BCUT2D eigenvalue weighted by Crippen LogP contribution is 2.36. The minimum absolute atomic E-state index is 0.0208. The van der Waals surface area contributed by atoms with Crippen molar-refractivity contribution in [3.8, 4) is 0 Å². The van der Waals surface area contributed by atoms with Crippen LogP contribution < -0.4 is 10.9 Å². The number of methoxy groups -OCH3 is 2. The fraction of sp³-hybridized carbons (Fsp3) is 0.600. The van der Waals surface area contributed by atoms with E-state index in [4.69, 9.17) is 9.47 Å². The number of ether oxygens (including phenoxy) is 2. The molecule has 0 bridgehead atoms. The molecular formula is C30H43N3O4. The Morgan fingerprint density at radius 1 is 1.00 bits per heavy atom. The molecule has 1 aromatic carbocycles. The molecule has 7 heteroatoms. The van der Waals surface area contributed by atoms with Crippen LogP contribution in [-0.4, -0.2) is 61.9 Å². The van der Waals surface area contributed by atoms with Crippen molar-refractivity contribution in [2.24, 2.45) is 13.0 Å². The van der Waals surface area contributed by atoms with Crippen LogP contribution in [0.5, 0.6) is 0 Å². The van der Waals surface area contributed by atoms with Gasteiger partial charge in [-0.25, -0.2) is 0 Å². The molecule has 37 heavy (non-hydrogen) atoms. The number of hydrogen-bond acceptors (Lipinski definition) is 5. The van der Waals surface area contributed by atoms with Gasteiger partial charge in [0.25, 0.3) is 5.56 Å². The van der Waals surface area contributed by atoms with E-state index >= 15 is 0 Å². The summed E-state index contributed by atoms with van der Waals surface area (Å²) >= 11 is 0. The van der Waals surface area contributed by atoms with Gasteiger partial charge in [0.05, 0.1) is 5.92 Å². The number of nitrogens with one attached hydrogen (secondary N) is 1. The van der Waals surface area contributed by atoms with E-state index in [1.54, 1.807) is 31.9 Å². The molecule has 1 saturated heterocycles. The maximum atomic E-state index is 14.1. The minimum atomic E-state index is -0.160. The van der Waals surface area contributed by atoms with Crippen molar-refractivity contribution in [3.63, 3.8) is 0 Å². The average Bonchev–Trinajstić information content (AvgIpc) is 3.74. The maximum Gasteiger partial charge on any atom is 0.250 e. The topological polar surface area (TPSA) is 72.8 Å². The highest BCUT2D eigenvalue weighted by molar-refractivity contribution is 5.81. The van der Waals surface area contributed by atoms with Crippen molar-refractivity contribution in [2.75, 3.05) is 40.5 Å². The third kappa shape index (κ3) is 7.53. The van der Waals surface area contributed by atoms with Crippen molar-refractivity contribution in [1.29, 1.82) is 0 Å². The molecule has 1 N–H and O–H groups in total. The Hall–Kier alpha value is -2.48. The number of hydrogen-bond donors (Lipinski definition) is 1. The van der Waals surface area contributed by atoms with Gasteiger partial charge in [-0.2, -0.15) is 0 Å². The molecule has 1 saturated carbocycles. The molecule has 4 rings (SSSR count). The molecule has 0 spiro atoms. The lowest BCUT2D eigenvalue weighted by atomic mass is 9.80. The monoisotopic (exact) mass is 509 g/mol. The quantitative estimate of drug-likeness (QED) is 0.419. The third-order valence-corrected chi connectivity index (χ3v) is 7.72. The normalized spacial score (nSPS) is 19.6. The number of carbonyl (C=O) groups excluding carboxylic acids is 1. The van der Waals surface area contributed by atoms with Crippen LogP contribution in [0, 0.1) is 5.92 Å². The van der Waals surface area contributed by atoms with Crippen LogP contribution in [0.4, 0.5) is 0 Å². The van der Waals surface area contributed by atoms with Crippen molar-refractivity contribution in [1.82, 2.24) is 14.8 Å². The molecule has 1 aliphatic carbocycles. The Kier molecular flexibility index (Phi) is 9.95. The van der Waals surface area contributed by atoms with E-state index in [1.807, 2.05) is 12.3 Å². The molecule has 2 aromatic rings. The van der Waals surface area contributed by atoms with Gasteiger partial charge < -0.3 is 24.3 Å². The number of piperidine rings is 1. The first-order chi connectivity index (χ1) is 18.0. The highest BCUT2D eigenvalue weighted by Gasteiger charge is 2.40. The first-order valence-corrected chi connectivity index (χ1v) is 13.8. The smallest absolute Gasteiger partial charge is 0.250 e. The zero-order chi connectivity index (χ0) is 26.2. The van der Waals surface area contributed by atoms with E-state index in [-0.39, 0.29) is 23.3 Å². The largest absolute Gasteiger partial charge is 0.385 e. The van der Waals surface area contributed by atoms with Crippen LogP contribution in [0.2, 0.25) is 0 Å². The SMILES string of the molecule is COCCCc1cc(CCCOC)cc(CN(C(=O)C2CNCC[C@@H]2c2ccn(C)c(=O)c2)C2CC2)c1. The van der Waals surface area contributed by atoms with Crippen LogP contribution in [0.3, 0.4) is 0 Å². The van der Waals surface area contributed by atoms with Gasteiger partial charge in [-0.3, -0.25) is 9.59 Å². The van der Waals surface area contributed by atoms with Crippen molar-refractivity contribution >= 4 is 5.91 Å². The van der Waals surface area contributed by atoms with Gasteiger partial charge in [-0.1, -0.05) is 18.2 Å². The molecule has 2 atom stereocenters. The highest BCUT2D eigenvalue weighted by atomic mass is 16.5. The van der Waals surface area contributed by atoms with Gasteiger partial charge in [0.1, 0.15) is 0 Å². The van der Waals surface area contributed by atoms with Crippen molar-refractivity contribution < 1.29 is 14.3 Å². The predicted octanol–water partition coefficient (Wildman–Crippen LogP) is 3.43. The Bertz CT molecular complexity index is 1070. The van der Waals surface area contributed by atoms with Crippen LogP contribution in [0.15, 0.2) is 41.3 Å². The van der Waals surface area contributed by atoms with Gasteiger partial charge in [-0.05, 0) is 85.7 Å². The lowest BCUT2D eigenvalue weighted by Gasteiger charge is -2.36. The van der Waals surface area contributed by atoms with E-state index in [9.17, 15) is 9.59 Å². The fourth-order valence-corrected chi connectivity index (χ4v) is 5.55. The van der Waals surface area contributed by atoms with E-state index in [0.717, 1.165) is 70.3 Å². The second kappa shape index (κ2) is 13.4. The number of nitrogens with zero attached hydrogens (tertiary/aromatic N) is 2. The zero-order valence-corrected chi connectivity index (χ0v) is 22.7. The average molecular weight is 510 g/mol. The summed E-state index contributed by atoms with van der Waals surface area (Å²) in [5.74, 6) is 0.118. The number of carbonyl (C=O) groups is 1. The van der Waals surface area contributed by atoms with Crippen molar-refractivity contribution in [2.45, 2.75) is 63.5 Å². The molecule has 1 aromatic heterocycles. The molecular weight excluding hydrogens is 466 g/mol. The number of aromatic nitrogens is 1. The summed E-state index contributed by atoms with van der Waals surface area (Å²) in [6.07, 6.45) is 8.71. The van der Waals surface area contributed by atoms with Gasteiger partial charge in [0.2, 0.25) is 5.91 Å². The molecule has 2 fully saturated rings. The minimum Gasteiger partial charge on any atom is -0.385 e. The number of aryl methyl sites for hydroxylation is 3. The summed E-state index contributed by atoms with van der Waals surface area (Å²) in [5, 5.41) is 3.44. The summed E-state index contributed by atoms with van der Waals surface area (Å²) in [6.45, 7) is 3.64. The second-order valence-corrected chi connectivity index (χ2v) is 10.7. The lowest BCUT2D eigenvalue weighted by Crippen LogP contribution is -2.47. The first-order valence-electron chi connectivity index (χ1n) is 13.8. The second-order valence-electron chi connectivity index (χ2n) is 10.7. The Morgan fingerprint density at radius 3 is 2.24 bits per heavy atom. The molecule has 0 radical (unpaired) electrons. The Morgan fingerprint density at radius 2 is 1.65 bits per heavy atom. The summed E-state index contributed by atoms with van der Waals surface area (Å²) < 4.78 is 12.1. The predicted molar refractivity (Wildman–Crippen MR) is 146 cm³/mol. The van der Waals surface area contributed by atoms with Crippen molar-refractivity contribution in [3.05, 3.63) is 69.1 Å². The number of benzene rings is 1. The van der Waals surface area contributed by atoms with Gasteiger partial charge in [0, 0.05) is 65.9 Å². The molecule has 1 unspecified atom stereocenters. The molecule has 7 nitrogen and oxygen atoms in total. The molecule has 2 aliphatic rings. The molecule has 1 amide bonds. The maximum absolute atomic E-state index is 14.1. The molecule has 1 aliphatic heterocycles. The first kappa shape index (κ1) is 27.6. The molecule has 202 valence electrons. The van der Waals surface area contributed by atoms with E-state index in [1.165, 1.54) is 16.7 Å². The van der Waals surface area contributed by atoms with Crippen LogP contribution in [-0.2, 0) is 40.7 Å². The fourth-order valence-electron chi connectivity index (χ4n) is 5.55. The summed E-state index contributed by atoms with van der Waals surface area (Å²) in [5.41, 5.74) is 4.79.